The minimum Gasteiger partial charge on any atom is -0.425 e. The quantitative estimate of drug-likeness (QED) is 0.447. The molecule has 0 saturated heterocycles. The molecule has 4 aromatic rings. The number of benzene rings is 2. The van der Waals surface area contributed by atoms with Crippen LogP contribution in [-0.2, 0) is 5.75 Å². The summed E-state index contributed by atoms with van der Waals surface area (Å²) >= 11 is 7.55. The van der Waals surface area contributed by atoms with Crippen molar-refractivity contribution in [1.29, 1.82) is 0 Å². The smallest absolute Gasteiger partial charge is 0.226 e. The van der Waals surface area contributed by atoms with E-state index in [4.69, 9.17) is 16.0 Å². The number of hydrogen-bond donors (Lipinski definition) is 0. The molecule has 0 aliphatic rings. The molecular weight excluding hydrogens is 382 g/mol. The normalized spacial score (nSPS) is 11.1. The van der Waals surface area contributed by atoms with Crippen LogP contribution in [0.25, 0.3) is 17.1 Å². The molecule has 0 saturated carbocycles. The van der Waals surface area contributed by atoms with Crippen molar-refractivity contribution in [3.8, 4) is 17.1 Å². The Morgan fingerprint density at radius 3 is 2.33 bits per heavy atom. The molecular formula is C19H16ClN5OS. The summed E-state index contributed by atoms with van der Waals surface area (Å²) in [6.07, 6.45) is 0. The zero-order valence-corrected chi connectivity index (χ0v) is 16.3. The Morgan fingerprint density at radius 1 is 0.926 bits per heavy atom. The van der Waals surface area contributed by atoms with Gasteiger partial charge in [-0.3, -0.25) is 4.57 Å². The largest absolute Gasteiger partial charge is 0.425 e. The van der Waals surface area contributed by atoms with Crippen molar-refractivity contribution in [3.63, 3.8) is 0 Å². The molecule has 0 amide bonds. The Labute approximate surface area is 165 Å². The van der Waals surface area contributed by atoms with Crippen molar-refractivity contribution in [3.05, 3.63) is 70.9 Å². The summed E-state index contributed by atoms with van der Waals surface area (Å²) in [6, 6.07) is 15.8. The second-order valence-corrected chi connectivity index (χ2v) is 7.37. The van der Waals surface area contributed by atoms with E-state index in [2.05, 4.69) is 39.5 Å². The van der Waals surface area contributed by atoms with Gasteiger partial charge in [-0.2, -0.15) is 0 Å². The number of aryl methyl sites for hydroxylation is 2. The summed E-state index contributed by atoms with van der Waals surface area (Å²) in [5.41, 5.74) is 3.12. The van der Waals surface area contributed by atoms with Gasteiger partial charge < -0.3 is 4.42 Å². The molecule has 0 aliphatic heterocycles. The molecule has 136 valence electrons. The minimum atomic E-state index is 0.514. The van der Waals surface area contributed by atoms with E-state index < -0.39 is 0 Å². The van der Waals surface area contributed by atoms with Gasteiger partial charge in [0.25, 0.3) is 0 Å². The molecule has 0 atom stereocenters. The van der Waals surface area contributed by atoms with Crippen LogP contribution in [0.3, 0.4) is 0 Å². The Bertz CT molecular complexity index is 1060. The van der Waals surface area contributed by atoms with E-state index in [1.165, 1.54) is 17.3 Å². The minimum absolute atomic E-state index is 0.514. The first-order valence-electron chi connectivity index (χ1n) is 8.30. The highest BCUT2D eigenvalue weighted by Crippen LogP contribution is 2.30. The Hall–Kier alpha value is -2.64. The summed E-state index contributed by atoms with van der Waals surface area (Å²) < 4.78 is 7.46. The molecule has 2 heterocycles. The Kier molecular flexibility index (Phi) is 4.96. The summed E-state index contributed by atoms with van der Waals surface area (Å²) in [5, 5.41) is 18.1. The van der Waals surface area contributed by atoms with E-state index in [-0.39, 0.29) is 0 Å². The standard InChI is InChI=1S/C19H16ClN5OS/c1-12-3-5-14(6-4-12)18-23-24-19(27-11-17-22-21-13(2)26-17)25(18)16-9-7-15(20)8-10-16/h3-10H,11H2,1-2H3. The van der Waals surface area contributed by atoms with Crippen LogP contribution in [0.5, 0.6) is 0 Å². The summed E-state index contributed by atoms with van der Waals surface area (Å²) in [7, 11) is 0. The molecule has 27 heavy (non-hydrogen) atoms. The summed E-state index contributed by atoms with van der Waals surface area (Å²) in [5.74, 6) is 2.38. The molecule has 8 heteroatoms. The topological polar surface area (TPSA) is 69.6 Å². The van der Waals surface area contributed by atoms with Gasteiger partial charge in [0.15, 0.2) is 11.0 Å². The summed E-state index contributed by atoms with van der Waals surface area (Å²) in [4.78, 5) is 0. The van der Waals surface area contributed by atoms with Gasteiger partial charge in [0.1, 0.15) is 0 Å². The third-order valence-electron chi connectivity index (χ3n) is 3.92. The second kappa shape index (κ2) is 7.54. The highest BCUT2D eigenvalue weighted by molar-refractivity contribution is 7.98. The number of rotatable bonds is 5. The van der Waals surface area contributed by atoms with Gasteiger partial charge in [-0.25, -0.2) is 0 Å². The number of thioether (sulfide) groups is 1. The molecule has 0 N–H and O–H groups in total. The monoisotopic (exact) mass is 397 g/mol. The fourth-order valence-electron chi connectivity index (χ4n) is 2.60. The summed E-state index contributed by atoms with van der Waals surface area (Å²) in [6.45, 7) is 3.83. The van der Waals surface area contributed by atoms with Gasteiger partial charge in [0.05, 0.1) is 5.75 Å². The molecule has 4 rings (SSSR count). The van der Waals surface area contributed by atoms with Crippen molar-refractivity contribution in [1.82, 2.24) is 25.0 Å². The van der Waals surface area contributed by atoms with Crippen molar-refractivity contribution >= 4 is 23.4 Å². The van der Waals surface area contributed by atoms with Crippen LogP contribution in [0.1, 0.15) is 17.3 Å². The van der Waals surface area contributed by atoms with Gasteiger partial charge in [-0.05, 0) is 31.2 Å². The molecule has 0 spiro atoms. The third kappa shape index (κ3) is 3.89. The number of aromatic nitrogens is 5. The lowest BCUT2D eigenvalue weighted by Gasteiger charge is -2.10. The zero-order chi connectivity index (χ0) is 18.8. The average Bonchev–Trinajstić information content (AvgIpc) is 3.27. The highest BCUT2D eigenvalue weighted by atomic mass is 35.5. The lowest BCUT2D eigenvalue weighted by Crippen LogP contribution is -2.00. The van der Waals surface area contributed by atoms with Gasteiger partial charge in [-0.15, -0.1) is 20.4 Å². The van der Waals surface area contributed by atoms with Crippen LogP contribution in [0, 0.1) is 13.8 Å². The van der Waals surface area contributed by atoms with E-state index in [9.17, 15) is 0 Å². The maximum absolute atomic E-state index is 6.06. The van der Waals surface area contributed by atoms with E-state index in [1.54, 1.807) is 6.92 Å². The second-order valence-electron chi connectivity index (χ2n) is 5.99. The van der Waals surface area contributed by atoms with Crippen LogP contribution in [-0.4, -0.2) is 25.0 Å². The molecule has 2 aromatic heterocycles. The van der Waals surface area contributed by atoms with Crippen LogP contribution < -0.4 is 0 Å². The Balaban J connectivity index is 1.74. The first-order valence-corrected chi connectivity index (χ1v) is 9.67. The zero-order valence-electron chi connectivity index (χ0n) is 14.8. The van der Waals surface area contributed by atoms with Crippen LogP contribution in [0.15, 0.2) is 58.1 Å². The van der Waals surface area contributed by atoms with Crippen LogP contribution in [0.2, 0.25) is 5.02 Å². The van der Waals surface area contributed by atoms with Crippen molar-refractivity contribution in [2.45, 2.75) is 24.8 Å². The molecule has 0 radical (unpaired) electrons. The predicted octanol–water partition coefficient (Wildman–Crippen LogP) is 4.88. The first-order chi connectivity index (χ1) is 13.1. The van der Waals surface area contributed by atoms with Crippen molar-refractivity contribution in [2.24, 2.45) is 0 Å². The molecule has 0 aliphatic carbocycles. The van der Waals surface area contributed by atoms with E-state index in [1.807, 2.05) is 41.0 Å². The van der Waals surface area contributed by atoms with E-state index in [0.717, 1.165) is 22.2 Å². The molecule has 2 aromatic carbocycles. The number of nitrogens with zero attached hydrogens (tertiary/aromatic N) is 5. The molecule has 0 unspecified atom stereocenters. The lowest BCUT2D eigenvalue weighted by molar-refractivity contribution is 0.485. The Morgan fingerprint density at radius 2 is 1.67 bits per heavy atom. The maximum atomic E-state index is 6.06. The SMILES string of the molecule is Cc1ccc(-c2nnc(SCc3nnc(C)o3)n2-c2ccc(Cl)cc2)cc1. The fourth-order valence-corrected chi connectivity index (χ4v) is 3.51. The first kappa shape index (κ1) is 17.8. The third-order valence-corrected chi connectivity index (χ3v) is 5.09. The van der Waals surface area contributed by atoms with E-state index >= 15 is 0 Å². The van der Waals surface area contributed by atoms with E-state index in [0.29, 0.717) is 22.6 Å². The molecule has 0 fully saturated rings. The van der Waals surface area contributed by atoms with Crippen LogP contribution in [0.4, 0.5) is 0 Å². The van der Waals surface area contributed by atoms with Gasteiger partial charge in [0, 0.05) is 23.2 Å². The van der Waals surface area contributed by atoms with Crippen LogP contribution >= 0.6 is 23.4 Å². The molecule has 6 nitrogen and oxygen atoms in total. The molecule has 0 bridgehead atoms. The number of halogens is 1. The number of hydrogen-bond acceptors (Lipinski definition) is 6. The van der Waals surface area contributed by atoms with Gasteiger partial charge >= 0.3 is 0 Å². The highest BCUT2D eigenvalue weighted by Gasteiger charge is 2.17. The lowest BCUT2D eigenvalue weighted by atomic mass is 10.1. The van der Waals surface area contributed by atoms with Gasteiger partial charge in [-0.1, -0.05) is 53.2 Å². The van der Waals surface area contributed by atoms with Gasteiger partial charge in [0.2, 0.25) is 11.8 Å². The maximum Gasteiger partial charge on any atom is 0.226 e. The van der Waals surface area contributed by atoms with Crippen molar-refractivity contribution < 1.29 is 4.42 Å². The van der Waals surface area contributed by atoms with Crippen molar-refractivity contribution in [2.75, 3.05) is 0 Å². The fraction of sp³-hybridized carbons (Fsp3) is 0.158. The average molecular weight is 398 g/mol. The predicted molar refractivity (Wildman–Crippen MR) is 105 cm³/mol.